The molecular formula is C4H2O5Si. The summed E-state index contributed by atoms with van der Waals surface area (Å²) in [5.41, 5.74) is 0. The van der Waals surface area contributed by atoms with Crippen molar-refractivity contribution in [2.45, 2.75) is 0 Å². The van der Waals surface area contributed by atoms with Gasteiger partial charge in [0.15, 0.2) is 0 Å². The molecule has 0 aliphatic carbocycles. The molecule has 0 aromatic heterocycles. The van der Waals surface area contributed by atoms with Gasteiger partial charge in [0.1, 0.15) is 0 Å². The lowest BCUT2D eigenvalue weighted by Gasteiger charge is -1.80. The van der Waals surface area contributed by atoms with Crippen LogP contribution in [0.2, 0.25) is 0 Å². The molecule has 0 atom stereocenters. The van der Waals surface area contributed by atoms with Crippen LogP contribution >= 0.6 is 0 Å². The van der Waals surface area contributed by atoms with Crippen molar-refractivity contribution >= 4 is 21.2 Å². The van der Waals surface area contributed by atoms with Gasteiger partial charge in [0.05, 0.1) is 0 Å². The Morgan fingerprint density at radius 1 is 1.10 bits per heavy atom. The first-order valence-electron chi connectivity index (χ1n) is 2.14. The SMILES string of the molecule is O=C1C=CC(=O)O1.O=[Si]=O. The molecule has 5 nitrogen and oxygen atoms in total. The highest BCUT2D eigenvalue weighted by molar-refractivity contribution is 6.04. The highest BCUT2D eigenvalue weighted by Gasteiger charge is 2.10. The maximum absolute atomic E-state index is 9.92. The second-order valence-corrected chi connectivity index (χ2v) is 1.32. The van der Waals surface area contributed by atoms with E-state index in [9.17, 15) is 9.59 Å². The molecule has 0 saturated carbocycles. The van der Waals surface area contributed by atoms with Crippen molar-refractivity contribution in [1.82, 2.24) is 0 Å². The molecule has 0 bridgehead atoms. The lowest BCUT2D eigenvalue weighted by Crippen LogP contribution is -1.96. The molecule has 0 aromatic carbocycles. The van der Waals surface area contributed by atoms with Gasteiger partial charge in [-0.1, -0.05) is 0 Å². The summed E-state index contributed by atoms with van der Waals surface area (Å²) in [4.78, 5) is 19.8. The maximum Gasteiger partial charge on any atom is 0.549 e. The van der Waals surface area contributed by atoms with Crippen LogP contribution in [0, 0.1) is 0 Å². The first-order chi connectivity index (χ1) is 4.70. The van der Waals surface area contributed by atoms with Crippen LogP contribution in [0.1, 0.15) is 0 Å². The minimum atomic E-state index is -1.42. The molecule has 0 unspecified atom stereocenters. The first-order valence-corrected chi connectivity index (χ1v) is 2.95. The Kier molecular flexibility index (Phi) is 3.97. The first kappa shape index (κ1) is 8.70. The highest BCUT2D eigenvalue weighted by atomic mass is 28.2. The standard InChI is InChI=1S/C4H2O3.O2Si/c5-3-1-2-4(6)7-3;1-3-2/h1-2H;. The van der Waals surface area contributed by atoms with E-state index in [1.807, 2.05) is 0 Å². The lowest BCUT2D eigenvalue weighted by atomic mass is 10.6. The number of hydrogen-bond donors (Lipinski definition) is 0. The number of carbonyl (C=O) groups is 2. The molecule has 0 N–H and O–H groups in total. The molecule has 0 radical (unpaired) electrons. The number of rotatable bonds is 0. The van der Waals surface area contributed by atoms with Crippen LogP contribution in [-0.4, -0.2) is 21.2 Å². The number of carbonyl (C=O) groups excluding carboxylic acids is 2. The van der Waals surface area contributed by atoms with Gasteiger partial charge in [-0.05, 0) is 0 Å². The van der Waals surface area contributed by atoms with E-state index in [0.29, 0.717) is 0 Å². The zero-order valence-electron chi connectivity index (χ0n) is 4.70. The largest absolute Gasteiger partial charge is 0.549 e. The van der Waals surface area contributed by atoms with Crippen LogP contribution in [0.4, 0.5) is 0 Å². The summed E-state index contributed by atoms with van der Waals surface area (Å²) in [7, 11) is -1.42. The molecule has 0 amide bonds. The monoisotopic (exact) mass is 158 g/mol. The van der Waals surface area contributed by atoms with E-state index < -0.39 is 21.2 Å². The summed E-state index contributed by atoms with van der Waals surface area (Å²) in [6, 6.07) is 0. The third-order valence-corrected chi connectivity index (χ3v) is 0.557. The second kappa shape index (κ2) is 4.56. The van der Waals surface area contributed by atoms with Crippen LogP contribution in [0.3, 0.4) is 0 Å². The average Bonchev–Trinajstić information content (AvgIpc) is 2.17. The van der Waals surface area contributed by atoms with Crippen molar-refractivity contribution < 1.29 is 23.2 Å². The normalized spacial score (nSPS) is 13.2. The topological polar surface area (TPSA) is 77.5 Å². The predicted molar refractivity (Wildman–Crippen MR) is 27.4 cm³/mol. The Hall–Kier alpha value is -1.30. The van der Waals surface area contributed by atoms with E-state index in [0.717, 1.165) is 12.2 Å². The van der Waals surface area contributed by atoms with Crippen molar-refractivity contribution in [2.75, 3.05) is 0 Å². The number of hydrogen-bond acceptors (Lipinski definition) is 5. The summed E-state index contributed by atoms with van der Waals surface area (Å²) in [5.74, 6) is -1.16. The Morgan fingerprint density at radius 2 is 1.40 bits per heavy atom. The molecule has 0 saturated heterocycles. The van der Waals surface area contributed by atoms with Crippen LogP contribution in [-0.2, 0) is 23.2 Å². The van der Waals surface area contributed by atoms with Crippen molar-refractivity contribution in [2.24, 2.45) is 0 Å². The van der Waals surface area contributed by atoms with E-state index >= 15 is 0 Å². The highest BCUT2D eigenvalue weighted by Crippen LogP contribution is 1.92. The van der Waals surface area contributed by atoms with E-state index in [1.165, 1.54) is 0 Å². The van der Waals surface area contributed by atoms with E-state index in [-0.39, 0.29) is 0 Å². The average molecular weight is 158 g/mol. The Balaban J connectivity index is 0.000000236. The minimum absolute atomic E-state index is 0.579. The molecule has 52 valence electrons. The molecule has 0 aromatic rings. The van der Waals surface area contributed by atoms with Gasteiger partial charge in [-0.25, -0.2) is 9.59 Å². The lowest BCUT2D eigenvalue weighted by molar-refractivity contribution is -0.150. The molecule has 0 fully saturated rings. The molecule has 10 heavy (non-hydrogen) atoms. The van der Waals surface area contributed by atoms with Gasteiger partial charge >= 0.3 is 21.2 Å². The van der Waals surface area contributed by atoms with Crippen LogP contribution < -0.4 is 0 Å². The number of ether oxygens (including phenoxy) is 1. The molecule has 0 spiro atoms. The quantitative estimate of drug-likeness (QED) is 0.257. The summed E-state index contributed by atoms with van der Waals surface area (Å²) < 4.78 is 20.8. The Bertz CT molecular complexity index is 196. The molecular weight excluding hydrogens is 156 g/mol. The van der Waals surface area contributed by atoms with E-state index in [2.05, 4.69) is 4.74 Å². The van der Waals surface area contributed by atoms with Crippen molar-refractivity contribution in [3.63, 3.8) is 0 Å². The summed E-state index contributed by atoms with van der Waals surface area (Å²) in [5, 5.41) is 0. The minimum Gasteiger partial charge on any atom is -0.387 e. The third kappa shape index (κ3) is 3.67. The number of cyclic esters (lactones) is 2. The Labute approximate surface area is 57.6 Å². The van der Waals surface area contributed by atoms with Crippen LogP contribution in [0.5, 0.6) is 0 Å². The third-order valence-electron chi connectivity index (χ3n) is 0.557. The summed E-state index contributed by atoms with van der Waals surface area (Å²) >= 11 is 0. The molecule has 1 aliphatic rings. The van der Waals surface area contributed by atoms with Gasteiger partial charge in [-0.2, -0.15) is 0 Å². The van der Waals surface area contributed by atoms with E-state index in [1.54, 1.807) is 0 Å². The van der Waals surface area contributed by atoms with Crippen molar-refractivity contribution in [3.05, 3.63) is 12.2 Å². The predicted octanol–water partition coefficient (Wildman–Crippen LogP) is -0.992. The fourth-order valence-corrected chi connectivity index (χ4v) is 0.303. The van der Waals surface area contributed by atoms with Gasteiger partial charge in [0, 0.05) is 12.2 Å². The zero-order valence-corrected chi connectivity index (χ0v) is 5.70. The van der Waals surface area contributed by atoms with Crippen LogP contribution in [0.15, 0.2) is 12.2 Å². The van der Waals surface area contributed by atoms with Gasteiger partial charge in [0.2, 0.25) is 0 Å². The van der Waals surface area contributed by atoms with Gasteiger partial charge in [-0.15, -0.1) is 0 Å². The second-order valence-electron chi connectivity index (χ2n) is 1.16. The summed E-state index contributed by atoms with van der Waals surface area (Å²) in [6.07, 6.45) is 2.17. The van der Waals surface area contributed by atoms with Crippen molar-refractivity contribution in [1.29, 1.82) is 0 Å². The zero-order chi connectivity index (χ0) is 7.98. The Morgan fingerprint density at radius 3 is 1.50 bits per heavy atom. The maximum atomic E-state index is 9.92. The molecule has 1 heterocycles. The molecule has 1 rings (SSSR count). The summed E-state index contributed by atoms with van der Waals surface area (Å²) in [6.45, 7) is 0. The smallest absolute Gasteiger partial charge is 0.387 e. The van der Waals surface area contributed by atoms with E-state index in [4.69, 9.17) is 8.92 Å². The molecule has 6 heteroatoms. The van der Waals surface area contributed by atoms with Gasteiger partial charge in [0.25, 0.3) is 0 Å². The van der Waals surface area contributed by atoms with Gasteiger partial charge < -0.3 is 4.74 Å². The van der Waals surface area contributed by atoms with Crippen molar-refractivity contribution in [3.8, 4) is 0 Å². The van der Waals surface area contributed by atoms with Gasteiger partial charge in [-0.3, -0.25) is 8.92 Å². The number of esters is 2. The fourth-order valence-electron chi connectivity index (χ4n) is 0.303. The fraction of sp³-hybridized carbons (Fsp3) is 0. The van der Waals surface area contributed by atoms with Crippen LogP contribution in [0.25, 0.3) is 0 Å². The molecule has 1 aliphatic heterocycles.